The van der Waals surface area contributed by atoms with E-state index in [4.69, 9.17) is 0 Å². The van der Waals surface area contributed by atoms with Crippen LogP contribution in [0.4, 0.5) is 0 Å². The first-order chi connectivity index (χ1) is 7.95. The van der Waals surface area contributed by atoms with Crippen molar-refractivity contribution < 1.29 is 9.90 Å². The summed E-state index contributed by atoms with van der Waals surface area (Å²) in [5.74, 6) is 0.761. The molecular formula is C13H24N2O2. The highest BCUT2D eigenvalue weighted by Gasteiger charge is 2.45. The third kappa shape index (κ3) is 2.33. The van der Waals surface area contributed by atoms with Gasteiger partial charge < -0.3 is 10.4 Å². The maximum Gasteiger partial charge on any atom is 0.310 e. The summed E-state index contributed by atoms with van der Waals surface area (Å²) >= 11 is 0. The zero-order valence-corrected chi connectivity index (χ0v) is 11.1. The monoisotopic (exact) mass is 240 g/mol. The van der Waals surface area contributed by atoms with Gasteiger partial charge >= 0.3 is 5.97 Å². The van der Waals surface area contributed by atoms with Crippen molar-refractivity contribution in [3.8, 4) is 0 Å². The fourth-order valence-electron chi connectivity index (χ4n) is 3.43. The van der Waals surface area contributed by atoms with Crippen LogP contribution in [0.25, 0.3) is 0 Å². The van der Waals surface area contributed by atoms with Gasteiger partial charge in [0, 0.05) is 19.1 Å². The zero-order valence-electron chi connectivity index (χ0n) is 11.1. The van der Waals surface area contributed by atoms with Crippen molar-refractivity contribution >= 4 is 5.97 Å². The van der Waals surface area contributed by atoms with Gasteiger partial charge in [0.25, 0.3) is 0 Å². The maximum absolute atomic E-state index is 11.2. The Morgan fingerprint density at radius 1 is 1.47 bits per heavy atom. The molecule has 2 saturated heterocycles. The van der Waals surface area contributed by atoms with Crippen LogP contribution in [-0.4, -0.2) is 48.2 Å². The molecule has 0 spiro atoms. The summed E-state index contributed by atoms with van der Waals surface area (Å²) < 4.78 is 0. The Morgan fingerprint density at radius 3 is 2.76 bits per heavy atom. The number of carboxylic acids is 1. The first kappa shape index (κ1) is 12.8. The highest BCUT2D eigenvalue weighted by Crippen LogP contribution is 2.36. The third-order valence-corrected chi connectivity index (χ3v) is 4.42. The summed E-state index contributed by atoms with van der Waals surface area (Å²) in [5, 5.41) is 12.7. The highest BCUT2D eigenvalue weighted by atomic mass is 16.4. The lowest BCUT2D eigenvalue weighted by molar-refractivity contribution is -0.148. The lowest BCUT2D eigenvalue weighted by atomic mass is 9.91. The summed E-state index contributed by atoms with van der Waals surface area (Å²) in [5.41, 5.74) is -0.639. The van der Waals surface area contributed by atoms with Crippen LogP contribution in [0, 0.1) is 17.3 Å². The first-order valence-corrected chi connectivity index (χ1v) is 6.64. The van der Waals surface area contributed by atoms with Crippen LogP contribution in [-0.2, 0) is 4.79 Å². The summed E-state index contributed by atoms with van der Waals surface area (Å²) in [4.78, 5) is 13.6. The van der Waals surface area contributed by atoms with E-state index in [2.05, 4.69) is 17.1 Å². The van der Waals surface area contributed by atoms with Gasteiger partial charge in [-0.3, -0.25) is 9.69 Å². The molecule has 3 unspecified atom stereocenters. The molecule has 0 aromatic rings. The van der Waals surface area contributed by atoms with E-state index in [1.807, 2.05) is 13.8 Å². The van der Waals surface area contributed by atoms with Crippen molar-refractivity contribution in [1.29, 1.82) is 0 Å². The molecule has 0 saturated carbocycles. The molecule has 2 heterocycles. The Labute approximate surface area is 103 Å². The number of carboxylic acid groups (broad SMARTS) is 1. The van der Waals surface area contributed by atoms with Crippen LogP contribution in [0.5, 0.6) is 0 Å². The second-order valence-electron chi connectivity index (χ2n) is 6.18. The largest absolute Gasteiger partial charge is 0.481 e. The molecule has 0 aromatic heterocycles. The lowest BCUT2D eigenvalue weighted by Crippen LogP contribution is -2.43. The molecule has 4 heteroatoms. The van der Waals surface area contributed by atoms with Crippen molar-refractivity contribution in [3.05, 3.63) is 0 Å². The van der Waals surface area contributed by atoms with E-state index in [9.17, 15) is 9.90 Å². The molecule has 2 N–H and O–H groups in total. The average Bonchev–Trinajstić information content (AvgIpc) is 2.76. The minimum atomic E-state index is -0.692. The Bertz CT molecular complexity index is 304. The molecule has 2 rings (SSSR count). The van der Waals surface area contributed by atoms with E-state index < -0.39 is 11.4 Å². The fourth-order valence-corrected chi connectivity index (χ4v) is 3.43. The van der Waals surface area contributed by atoms with Gasteiger partial charge in [-0.25, -0.2) is 0 Å². The molecule has 3 atom stereocenters. The van der Waals surface area contributed by atoms with E-state index in [0.717, 1.165) is 37.9 Å². The summed E-state index contributed by atoms with van der Waals surface area (Å²) in [6, 6.07) is 0.564. The average molecular weight is 240 g/mol. The number of fused-ring (bicyclic) bond motifs is 1. The molecule has 2 aliphatic heterocycles. The Kier molecular flexibility index (Phi) is 3.46. The van der Waals surface area contributed by atoms with Gasteiger partial charge in [0.1, 0.15) is 0 Å². The van der Waals surface area contributed by atoms with Crippen molar-refractivity contribution in [2.45, 2.75) is 33.2 Å². The molecular weight excluding hydrogens is 216 g/mol. The predicted octanol–water partition coefficient (Wildman–Crippen LogP) is 1.03. The van der Waals surface area contributed by atoms with E-state index in [1.54, 1.807) is 0 Å². The molecule has 2 fully saturated rings. The van der Waals surface area contributed by atoms with Crippen molar-refractivity contribution in [1.82, 2.24) is 10.2 Å². The van der Waals surface area contributed by atoms with Crippen LogP contribution in [0.1, 0.15) is 27.2 Å². The van der Waals surface area contributed by atoms with Gasteiger partial charge in [-0.1, -0.05) is 6.92 Å². The molecule has 2 aliphatic rings. The summed E-state index contributed by atoms with van der Waals surface area (Å²) in [6.07, 6.45) is 1.12. The fraction of sp³-hybridized carbons (Fsp3) is 0.923. The van der Waals surface area contributed by atoms with Crippen LogP contribution >= 0.6 is 0 Å². The molecule has 0 aliphatic carbocycles. The number of aliphatic carboxylic acids is 1. The maximum atomic E-state index is 11.2. The molecule has 0 bridgehead atoms. The topological polar surface area (TPSA) is 52.6 Å². The number of hydrogen-bond acceptors (Lipinski definition) is 3. The van der Waals surface area contributed by atoms with Crippen molar-refractivity contribution in [2.75, 3.05) is 26.2 Å². The van der Waals surface area contributed by atoms with E-state index in [0.29, 0.717) is 12.6 Å². The third-order valence-electron chi connectivity index (χ3n) is 4.42. The van der Waals surface area contributed by atoms with Gasteiger partial charge in [-0.15, -0.1) is 0 Å². The minimum absolute atomic E-state index is 0.564. The number of rotatable bonds is 4. The minimum Gasteiger partial charge on any atom is -0.481 e. The van der Waals surface area contributed by atoms with Gasteiger partial charge in [-0.05, 0) is 45.2 Å². The standard InChI is InChI=1S/C13H24N2O2/c1-4-11-10-6-14-5-9(10)7-15(11)8-13(2,3)12(16)17/h9-11,14H,4-8H2,1-3H3,(H,16,17). The molecule has 17 heavy (non-hydrogen) atoms. The Hall–Kier alpha value is -0.610. The van der Waals surface area contributed by atoms with Gasteiger partial charge in [0.2, 0.25) is 0 Å². The van der Waals surface area contributed by atoms with Crippen molar-refractivity contribution in [2.24, 2.45) is 17.3 Å². The SMILES string of the molecule is CCC1C2CNCC2CN1CC(C)(C)C(=O)O. The smallest absolute Gasteiger partial charge is 0.310 e. The molecule has 0 aromatic carbocycles. The number of hydrogen-bond donors (Lipinski definition) is 2. The van der Waals surface area contributed by atoms with E-state index in [1.165, 1.54) is 0 Å². The highest BCUT2D eigenvalue weighted by molar-refractivity contribution is 5.73. The Balaban J connectivity index is 2.04. The van der Waals surface area contributed by atoms with E-state index >= 15 is 0 Å². The normalized spacial score (nSPS) is 33.9. The summed E-state index contributed by atoms with van der Waals surface area (Å²) in [6.45, 7) is 9.81. The quantitative estimate of drug-likeness (QED) is 0.770. The van der Waals surface area contributed by atoms with Crippen LogP contribution < -0.4 is 5.32 Å². The van der Waals surface area contributed by atoms with Crippen LogP contribution in [0.3, 0.4) is 0 Å². The second-order valence-corrected chi connectivity index (χ2v) is 6.18. The first-order valence-electron chi connectivity index (χ1n) is 6.64. The number of nitrogens with zero attached hydrogens (tertiary/aromatic N) is 1. The van der Waals surface area contributed by atoms with Crippen molar-refractivity contribution in [3.63, 3.8) is 0 Å². The van der Waals surface area contributed by atoms with Gasteiger partial charge in [0.15, 0.2) is 0 Å². The van der Waals surface area contributed by atoms with Gasteiger partial charge in [-0.2, -0.15) is 0 Å². The number of nitrogens with one attached hydrogen (secondary N) is 1. The molecule has 4 nitrogen and oxygen atoms in total. The van der Waals surface area contributed by atoms with E-state index in [-0.39, 0.29) is 0 Å². The molecule has 0 amide bonds. The molecule has 0 radical (unpaired) electrons. The predicted molar refractivity (Wildman–Crippen MR) is 66.9 cm³/mol. The Morgan fingerprint density at radius 2 is 2.18 bits per heavy atom. The lowest BCUT2D eigenvalue weighted by Gasteiger charge is -2.32. The number of likely N-dealkylation sites (tertiary alicyclic amines) is 1. The number of carbonyl (C=O) groups is 1. The zero-order chi connectivity index (χ0) is 12.6. The summed E-state index contributed by atoms with van der Waals surface area (Å²) in [7, 11) is 0. The van der Waals surface area contributed by atoms with Crippen LogP contribution in [0.2, 0.25) is 0 Å². The van der Waals surface area contributed by atoms with Crippen LogP contribution in [0.15, 0.2) is 0 Å². The molecule has 98 valence electrons. The second kappa shape index (κ2) is 4.58. The van der Waals surface area contributed by atoms with Gasteiger partial charge in [0.05, 0.1) is 5.41 Å².